The molecule has 1 rings (SSSR count). The number of hydrogen-bond donors (Lipinski definition) is 3. The van der Waals surface area contributed by atoms with Crippen molar-refractivity contribution >= 4 is 29.7 Å². The van der Waals surface area contributed by atoms with Gasteiger partial charge in [-0.1, -0.05) is 25.4 Å². The number of nitrogens with zero attached hydrogens (tertiary/aromatic N) is 1. The highest BCUT2D eigenvalue weighted by Crippen LogP contribution is 2.43. The highest BCUT2D eigenvalue weighted by molar-refractivity contribution is 6.32. The van der Waals surface area contributed by atoms with Gasteiger partial charge in [0.05, 0.1) is 15.5 Å². The molecule has 0 aliphatic carbocycles. The molecule has 0 fully saturated rings. The quantitative estimate of drug-likeness (QED) is 0.584. The number of phenolic OH excluding ortho intramolecular Hbond substituents is 1. The molecule has 0 bridgehead atoms. The number of nitro groups is 1. The molecule has 0 saturated heterocycles. The van der Waals surface area contributed by atoms with Crippen LogP contribution in [0.1, 0.15) is 25.5 Å². The standard InChI is InChI=1S/C11H15ClN2O4.ClH/c1-11(2,5-15)10(13)8-7(14(17)18)4-3-6(12)9(8)16;/h3-4,10,15-16H,5,13H2,1-2H3;1H/t10-;/m0./s1. The van der Waals surface area contributed by atoms with Gasteiger partial charge in [0.1, 0.15) is 5.75 Å². The number of benzene rings is 1. The summed E-state index contributed by atoms with van der Waals surface area (Å²) >= 11 is 5.74. The van der Waals surface area contributed by atoms with Crippen LogP contribution in [0.4, 0.5) is 5.69 Å². The lowest BCUT2D eigenvalue weighted by Gasteiger charge is -2.29. The molecule has 0 amide bonds. The molecule has 1 aromatic rings. The van der Waals surface area contributed by atoms with E-state index in [9.17, 15) is 20.3 Å². The molecule has 0 aliphatic rings. The molecule has 6 nitrogen and oxygen atoms in total. The summed E-state index contributed by atoms with van der Waals surface area (Å²) in [7, 11) is 0. The van der Waals surface area contributed by atoms with Crippen LogP contribution in [-0.4, -0.2) is 21.7 Å². The molecule has 0 radical (unpaired) electrons. The number of nitrogens with two attached hydrogens (primary N) is 1. The van der Waals surface area contributed by atoms with Crippen LogP contribution < -0.4 is 5.73 Å². The third-order valence-electron chi connectivity index (χ3n) is 2.90. The van der Waals surface area contributed by atoms with Crippen molar-refractivity contribution in [2.75, 3.05) is 6.61 Å². The van der Waals surface area contributed by atoms with Crippen LogP contribution in [0, 0.1) is 15.5 Å². The molecule has 19 heavy (non-hydrogen) atoms. The Bertz CT molecular complexity index is 480. The van der Waals surface area contributed by atoms with E-state index in [2.05, 4.69) is 0 Å². The summed E-state index contributed by atoms with van der Waals surface area (Å²) in [4.78, 5) is 10.3. The van der Waals surface area contributed by atoms with Gasteiger partial charge < -0.3 is 15.9 Å². The number of phenols is 1. The average Bonchev–Trinajstić information content (AvgIpc) is 2.31. The maximum absolute atomic E-state index is 10.9. The zero-order chi connectivity index (χ0) is 14.1. The van der Waals surface area contributed by atoms with Gasteiger partial charge in [-0.25, -0.2) is 0 Å². The van der Waals surface area contributed by atoms with Crippen molar-refractivity contribution in [3.8, 4) is 5.75 Å². The molecular formula is C11H16Cl2N2O4. The van der Waals surface area contributed by atoms with E-state index in [0.717, 1.165) is 0 Å². The lowest BCUT2D eigenvalue weighted by molar-refractivity contribution is -0.386. The number of rotatable bonds is 4. The molecule has 1 aromatic carbocycles. The van der Waals surface area contributed by atoms with E-state index >= 15 is 0 Å². The van der Waals surface area contributed by atoms with Crippen molar-refractivity contribution < 1.29 is 15.1 Å². The minimum Gasteiger partial charge on any atom is -0.506 e. The minimum absolute atomic E-state index is 0. The van der Waals surface area contributed by atoms with Gasteiger partial charge in [-0.2, -0.15) is 0 Å². The highest BCUT2D eigenvalue weighted by atomic mass is 35.5. The molecular weight excluding hydrogens is 295 g/mol. The predicted octanol–water partition coefficient (Wildman–Crippen LogP) is 2.39. The Morgan fingerprint density at radius 2 is 2.05 bits per heavy atom. The van der Waals surface area contributed by atoms with Gasteiger partial charge in [0, 0.05) is 24.1 Å². The zero-order valence-corrected chi connectivity index (χ0v) is 12.0. The van der Waals surface area contributed by atoms with Crippen LogP contribution >= 0.6 is 24.0 Å². The smallest absolute Gasteiger partial charge is 0.278 e. The zero-order valence-electron chi connectivity index (χ0n) is 10.5. The van der Waals surface area contributed by atoms with E-state index in [-0.39, 0.29) is 35.3 Å². The summed E-state index contributed by atoms with van der Waals surface area (Å²) in [6.45, 7) is 3.00. The molecule has 4 N–H and O–H groups in total. The first-order chi connectivity index (χ1) is 8.22. The second kappa shape index (κ2) is 6.38. The Morgan fingerprint density at radius 1 is 1.53 bits per heavy atom. The highest BCUT2D eigenvalue weighted by Gasteiger charge is 2.35. The SMILES string of the molecule is CC(C)(CO)[C@@H](N)c1c([N+](=O)[O-])ccc(Cl)c1O.Cl. The molecule has 0 heterocycles. The predicted molar refractivity (Wildman–Crippen MR) is 74.8 cm³/mol. The second-order valence-corrected chi connectivity index (χ2v) is 5.12. The van der Waals surface area contributed by atoms with Gasteiger partial charge in [0.2, 0.25) is 0 Å². The van der Waals surface area contributed by atoms with E-state index in [0.29, 0.717) is 0 Å². The second-order valence-electron chi connectivity index (χ2n) is 4.71. The third kappa shape index (κ3) is 3.48. The molecule has 0 spiro atoms. The largest absolute Gasteiger partial charge is 0.506 e. The fraction of sp³-hybridized carbons (Fsp3) is 0.455. The molecule has 0 aliphatic heterocycles. The lowest BCUT2D eigenvalue weighted by atomic mass is 9.81. The number of aliphatic hydroxyl groups is 1. The molecule has 0 unspecified atom stereocenters. The van der Waals surface area contributed by atoms with Crippen molar-refractivity contribution in [3.05, 3.63) is 32.8 Å². The van der Waals surface area contributed by atoms with E-state index < -0.39 is 22.1 Å². The summed E-state index contributed by atoms with van der Waals surface area (Å²) in [6.07, 6.45) is 0. The number of aromatic hydroxyl groups is 1. The van der Waals surface area contributed by atoms with Gasteiger partial charge >= 0.3 is 0 Å². The first-order valence-corrected chi connectivity index (χ1v) is 5.62. The van der Waals surface area contributed by atoms with E-state index in [4.69, 9.17) is 17.3 Å². The van der Waals surface area contributed by atoms with Crippen molar-refractivity contribution in [1.29, 1.82) is 0 Å². The Hall–Kier alpha value is -1.08. The van der Waals surface area contributed by atoms with Gasteiger partial charge in [0.25, 0.3) is 5.69 Å². The number of hydrogen-bond acceptors (Lipinski definition) is 5. The number of aliphatic hydroxyl groups excluding tert-OH is 1. The Kier molecular flexibility index (Phi) is 6.02. The molecule has 0 saturated carbocycles. The Labute approximate surface area is 121 Å². The van der Waals surface area contributed by atoms with Gasteiger partial charge in [-0.3, -0.25) is 10.1 Å². The van der Waals surface area contributed by atoms with E-state index in [1.165, 1.54) is 12.1 Å². The van der Waals surface area contributed by atoms with E-state index in [1.54, 1.807) is 13.8 Å². The van der Waals surface area contributed by atoms with Gasteiger partial charge in [-0.15, -0.1) is 12.4 Å². The van der Waals surface area contributed by atoms with Crippen LogP contribution in [0.3, 0.4) is 0 Å². The van der Waals surface area contributed by atoms with Crippen molar-refractivity contribution in [2.24, 2.45) is 11.1 Å². The number of halogens is 2. The first-order valence-electron chi connectivity index (χ1n) is 5.24. The van der Waals surface area contributed by atoms with Crippen LogP contribution in [0.25, 0.3) is 0 Å². The van der Waals surface area contributed by atoms with Crippen LogP contribution in [-0.2, 0) is 0 Å². The topological polar surface area (TPSA) is 110 Å². The molecule has 1 atom stereocenters. The third-order valence-corrected chi connectivity index (χ3v) is 3.21. The fourth-order valence-electron chi connectivity index (χ4n) is 1.53. The van der Waals surface area contributed by atoms with Crippen molar-refractivity contribution in [2.45, 2.75) is 19.9 Å². The summed E-state index contributed by atoms with van der Waals surface area (Å²) in [6, 6.07) is 1.50. The van der Waals surface area contributed by atoms with Crippen LogP contribution in [0.15, 0.2) is 12.1 Å². The fourth-order valence-corrected chi connectivity index (χ4v) is 1.69. The Balaban J connectivity index is 0.00000324. The normalized spacial score (nSPS) is 12.7. The summed E-state index contributed by atoms with van der Waals surface area (Å²) in [5, 5.41) is 30.0. The maximum atomic E-state index is 10.9. The minimum atomic E-state index is -0.915. The first kappa shape index (κ1) is 17.9. The van der Waals surface area contributed by atoms with Crippen molar-refractivity contribution in [1.82, 2.24) is 0 Å². The summed E-state index contributed by atoms with van der Waals surface area (Å²) in [5.41, 5.74) is 4.70. The Morgan fingerprint density at radius 3 is 2.47 bits per heavy atom. The van der Waals surface area contributed by atoms with Crippen LogP contribution in [0.2, 0.25) is 5.02 Å². The maximum Gasteiger partial charge on any atom is 0.278 e. The number of nitro benzene ring substituents is 1. The summed E-state index contributed by atoms with van der Waals surface area (Å²) in [5.74, 6) is -0.417. The van der Waals surface area contributed by atoms with E-state index in [1.807, 2.05) is 0 Å². The average molecular weight is 311 g/mol. The van der Waals surface area contributed by atoms with Gasteiger partial charge in [0.15, 0.2) is 0 Å². The van der Waals surface area contributed by atoms with Crippen molar-refractivity contribution in [3.63, 3.8) is 0 Å². The van der Waals surface area contributed by atoms with Crippen LogP contribution in [0.5, 0.6) is 5.75 Å². The summed E-state index contributed by atoms with van der Waals surface area (Å²) < 4.78 is 0. The molecule has 8 heteroatoms. The lowest BCUT2D eigenvalue weighted by Crippen LogP contribution is -2.33. The molecule has 108 valence electrons. The van der Waals surface area contributed by atoms with Gasteiger partial charge in [-0.05, 0) is 6.07 Å². The molecule has 0 aromatic heterocycles. The monoisotopic (exact) mass is 310 g/mol.